The second-order valence-corrected chi connectivity index (χ2v) is 6.65. The number of benzene rings is 1. The Bertz CT molecular complexity index is 409. The van der Waals surface area contributed by atoms with Crippen LogP contribution in [0.3, 0.4) is 0 Å². The van der Waals surface area contributed by atoms with Crippen LogP contribution in [-0.4, -0.2) is 12.6 Å². The molecule has 1 N–H and O–H groups in total. The maximum absolute atomic E-state index is 13.9. The molecule has 1 fully saturated rings. The van der Waals surface area contributed by atoms with Crippen LogP contribution in [0.2, 0.25) is 5.02 Å². The molecule has 21 heavy (non-hydrogen) atoms. The number of halogens is 2. The molecule has 0 saturated heterocycles. The first-order valence-electron chi connectivity index (χ1n) is 8.37. The van der Waals surface area contributed by atoms with Crippen molar-refractivity contribution in [2.45, 2.75) is 64.3 Å². The van der Waals surface area contributed by atoms with Gasteiger partial charge < -0.3 is 5.32 Å². The third-order valence-corrected chi connectivity index (χ3v) is 5.01. The van der Waals surface area contributed by atoms with Crippen LogP contribution in [-0.2, 0) is 6.42 Å². The van der Waals surface area contributed by atoms with E-state index in [-0.39, 0.29) is 5.82 Å². The Labute approximate surface area is 133 Å². The number of hydrogen-bond donors (Lipinski definition) is 1. The first-order valence-corrected chi connectivity index (χ1v) is 8.74. The Kier molecular flexibility index (Phi) is 6.98. The van der Waals surface area contributed by atoms with Crippen molar-refractivity contribution in [3.8, 4) is 0 Å². The Balaban J connectivity index is 1.91. The van der Waals surface area contributed by atoms with Crippen LogP contribution in [0.15, 0.2) is 18.2 Å². The van der Waals surface area contributed by atoms with Crippen molar-refractivity contribution in [2.24, 2.45) is 5.92 Å². The van der Waals surface area contributed by atoms with Crippen LogP contribution in [0.4, 0.5) is 4.39 Å². The van der Waals surface area contributed by atoms with Gasteiger partial charge in [-0.2, -0.15) is 0 Å². The lowest BCUT2D eigenvalue weighted by atomic mass is 9.84. The van der Waals surface area contributed by atoms with E-state index >= 15 is 0 Å². The van der Waals surface area contributed by atoms with Gasteiger partial charge in [-0.25, -0.2) is 4.39 Å². The molecule has 1 aliphatic rings. The van der Waals surface area contributed by atoms with Crippen molar-refractivity contribution < 1.29 is 4.39 Å². The van der Waals surface area contributed by atoms with E-state index < -0.39 is 0 Å². The highest BCUT2D eigenvalue weighted by Crippen LogP contribution is 2.29. The monoisotopic (exact) mass is 311 g/mol. The lowest BCUT2D eigenvalue weighted by Gasteiger charge is -2.25. The molecule has 0 amide bonds. The van der Waals surface area contributed by atoms with Gasteiger partial charge in [0, 0.05) is 16.6 Å². The summed E-state index contributed by atoms with van der Waals surface area (Å²) in [7, 11) is 0. The van der Waals surface area contributed by atoms with Crippen molar-refractivity contribution in [2.75, 3.05) is 6.54 Å². The van der Waals surface area contributed by atoms with Crippen LogP contribution in [0.1, 0.15) is 57.4 Å². The lowest BCUT2D eigenvalue weighted by molar-refractivity contribution is 0.312. The van der Waals surface area contributed by atoms with E-state index in [1.54, 1.807) is 12.1 Å². The molecule has 0 aliphatic heterocycles. The van der Waals surface area contributed by atoms with Gasteiger partial charge in [0.1, 0.15) is 5.82 Å². The molecule has 0 heterocycles. The maximum atomic E-state index is 13.9. The molecule has 1 atom stereocenters. The zero-order chi connectivity index (χ0) is 15.1. The van der Waals surface area contributed by atoms with Gasteiger partial charge in [0.05, 0.1) is 0 Å². The Morgan fingerprint density at radius 1 is 1.29 bits per heavy atom. The van der Waals surface area contributed by atoms with Crippen molar-refractivity contribution in [1.29, 1.82) is 0 Å². The summed E-state index contributed by atoms with van der Waals surface area (Å²) in [5, 5.41) is 4.05. The number of likely N-dealkylation sites (N-methyl/N-ethyl adjacent to an activating group) is 1. The van der Waals surface area contributed by atoms with Gasteiger partial charge >= 0.3 is 0 Å². The molecule has 1 saturated carbocycles. The molecule has 1 nitrogen and oxygen atoms in total. The quantitative estimate of drug-likeness (QED) is 0.714. The summed E-state index contributed by atoms with van der Waals surface area (Å²) in [6.07, 6.45) is 9.97. The molecule has 0 radical (unpaired) electrons. The fourth-order valence-corrected chi connectivity index (χ4v) is 3.69. The molecule has 2 rings (SSSR count). The molecule has 1 aromatic rings. The van der Waals surface area contributed by atoms with Crippen LogP contribution >= 0.6 is 11.6 Å². The lowest BCUT2D eigenvalue weighted by Crippen LogP contribution is -2.32. The fraction of sp³-hybridized carbons (Fsp3) is 0.667. The Morgan fingerprint density at radius 2 is 2.05 bits per heavy atom. The van der Waals surface area contributed by atoms with Gasteiger partial charge in [-0.15, -0.1) is 0 Å². The Morgan fingerprint density at radius 3 is 2.71 bits per heavy atom. The number of hydrogen-bond acceptors (Lipinski definition) is 1. The zero-order valence-electron chi connectivity index (χ0n) is 13.0. The molecule has 3 heteroatoms. The van der Waals surface area contributed by atoms with E-state index in [1.165, 1.54) is 44.6 Å². The largest absolute Gasteiger partial charge is 0.314 e. The van der Waals surface area contributed by atoms with E-state index in [2.05, 4.69) is 12.2 Å². The number of nitrogens with one attached hydrogen (secondary N) is 1. The second-order valence-electron chi connectivity index (χ2n) is 6.24. The minimum absolute atomic E-state index is 0.178. The predicted octanol–water partition coefficient (Wildman–Crippen LogP) is 5.36. The van der Waals surface area contributed by atoms with Gasteiger partial charge in [0.15, 0.2) is 0 Å². The van der Waals surface area contributed by atoms with Gasteiger partial charge in [-0.05, 0) is 43.9 Å². The zero-order valence-corrected chi connectivity index (χ0v) is 13.8. The maximum Gasteiger partial charge on any atom is 0.127 e. The van der Waals surface area contributed by atoms with Gasteiger partial charge in [-0.3, -0.25) is 0 Å². The average Bonchev–Trinajstić information content (AvgIpc) is 2.49. The summed E-state index contributed by atoms with van der Waals surface area (Å²) in [6, 6.07) is 5.28. The summed E-state index contributed by atoms with van der Waals surface area (Å²) in [6.45, 7) is 3.03. The van der Waals surface area contributed by atoms with Crippen molar-refractivity contribution in [1.82, 2.24) is 5.32 Å². The predicted molar refractivity (Wildman–Crippen MR) is 88.4 cm³/mol. The fourth-order valence-electron chi connectivity index (χ4n) is 3.45. The van der Waals surface area contributed by atoms with Gasteiger partial charge in [0.25, 0.3) is 0 Å². The van der Waals surface area contributed by atoms with Crippen molar-refractivity contribution >= 4 is 11.6 Å². The summed E-state index contributed by atoms with van der Waals surface area (Å²) in [4.78, 5) is 0. The molecule has 1 unspecified atom stereocenters. The van der Waals surface area contributed by atoms with Gasteiger partial charge in [-0.1, -0.05) is 56.7 Å². The Hall–Kier alpha value is -0.600. The van der Waals surface area contributed by atoms with E-state index in [0.717, 1.165) is 18.9 Å². The summed E-state index contributed by atoms with van der Waals surface area (Å²) in [5.74, 6) is 0.694. The minimum Gasteiger partial charge on any atom is -0.314 e. The second kappa shape index (κ2) is 8.75. The van der Waals surface area contributed by atoms with Gasteiger partial charge in [0.2, 0.25) is 0 Å². The van der Waals surface area contributed by atoms with Crippen LogP contribution in [0.5, 0.6) is 0 Å². The SMILES string of the molecule is CCNC(CCC1CCCCC1)Cc1c(F)cccc1Cl. The van der Waals surface area contributed by atoms with E-state index in [9.17, 15) is 4.39 Å². The van der Waals surface area contributed by atoms with E-state index in [0.29, 0.717) is 23.0 Å². The van der Waals surface area contributed by atoms with Crippen molar-refractivity contribution in [3.05, 3.63) is 34.6 Å². The number of rotatable bonds is 7. The highest BCUT2D eigenvalue weighted by Gasteiger charge is 2.18. The van der Waals surface area contributed by atoms with E-state index in [4.69, 9.17) is 11.6 Å². The van der Waals surface area contributed by atoms with Crippen LogP contribution in [0.25, 0.3) is 0 Å². The molecule has 1 aliphatic carbocycles. The smallest absolute Gasteiger partial charge is 0.127 e. The highest BCUT2D eigenvalue weighted by molar-refractivity contribution is 6.31. The average molecular weight is 312 g/mol. The minimum atomic E-state index is -0.178. The third kappa shape index (κ3) is 5.27. The molecule has 0 bridgehead atoms. The summed E-state index contributed by atoms with van der Waals surface area (Å²) < 4.78 is 13.9. The third-order valence-electron chi connectivity index (χ3n) is 4.65. The molecule has 0 spiro atoms. The topological polar surface area (TPSA) is 12.0 Å². The molecule has 118 valence electrons. The highest BCUT2D eigenvalue weighted by atomic mass is 35.5. The van der Waals surface area contributed by atoms with Crippen LogP contribution in [0, 0.1) is 11.7 Å². The molecule has 0 aromatic heterocycles. The summed E-state index contributed by atoms with van der Waals surface area (Å²) >= 11 is 6.15. The summed E-state index contributed by atoms with van der Waals surface area (Å²) in [5.41, 5.74) is 0.661. The first-order chi connectivity index (χ1) is 10.2. The normalized spacial score (nSPS) is 17.9. The first kappa shape index (κ1) is 16.8. The standard InChI is InChI=1S/C18H27ClFN/c1-2-21-15(12-11-14-7-4-3-5-8-14)13-16-17(19)9-6-10-18(16)20/h6,9-10,14-15,21H,2-5,7-8,11-13H2,1H3. The molecular formula is C18H27ClFN. The van der Waals surface area contributed by atoms with Crippen LogP contribution < -0.4 is 5.32 Å². The molecule has 1 aromatic carbocycles. The molecular weight excluding hydrogens is 285 g/mol. The van der Waals surface area contributed by atoms with E-state index in [1.807, 2.05) is 0 Å². The van der Waals surface area contributed by atoms with Crippen molar-refractivity contribution in [3.63, 3.8) is 0 Å².